The minimum Gasteiger partial charge on any atom is -0.341 e. The summed E-state index contributed by atoms with van der Waals surface area (Å²) in [5, 5.41) is 6.65. The van der Waals surface area contributed by atoms with Crippen molar-refractivity contribution in [3.05, 3.63) is 102 Å². The number of nitrogens with zero attached hydrogens (tertiary/aromatic N) is 5. The van der Waals surface area contributed by atoms with Crippen LogP contribution in [-0.2, 0) is 6.42 Å². The predicted octanol–water partition coefficient (Wildman–Crippen LogP) is 5.10. The number of nitrogens with one attached hydrogen (secondary N) is 2. The van der Waals surface area contributed by atoms with E-state index in [0.717, 1.165) is 23.0 Å². The minimum atomic E-state index is -0.330. The van der Waals surface area contributed by atoms with Crippen LogP contribution in [0.1, 0.15) is 32.0 Å². The number of para-hydroxylation sites is 2. The Labute approximate surface area is 223 Å². The quantitative estimate of drug-likeness (QED) is 0.291. The Morgan fingerprint density at radius 2 is 1.79 bits per heavy atom. The fourth-order valence-electron chi connectivity index (χ4n) is 3.95. The van der Waals surface area contributed by atoms with E-state index in [0.29, 0.717) is 39.9 Å². The van der Waals surface area contributed by atoms with Gasteiger partial charge in [-0.05, 0) is 72.9 Å². The summed E-state index contributed by atoms with van der Waals surface area (Å²) in [6.45, 7) is 2.34. The van der Waals surface area contributed by atoms with Crippen molar-refractivity contribution in [3.63, 3.8) is 0 Å². The Morgan fingerprint density at radius 3 is 2.61 bits per heavy atom. The number of pyridine rings is 1. The third-order valence-corrected chi connectivity index (χ3v) is 6.83. The Bertz CT molecular complexity index is 1600. The number of fused-ring (bicyclic) bond motifs is 1. The first-order valence-corrected chi connectivity index (χ1v) is 12.8. The molecule has 3 heterocycles. The second-order valence-corrected chi connectivity index (χ2v) is 9.48. The van der Waals surface area contributed by atoms with Gasteiger partial charge in [0.05, 0.1) is 28.5 Å². The molecule has 0 spiro atoms. The predicted molar refractivity (Wildman–Crippen MR) is 149 cm³/mol. The van der Waals surface area contributed by atoms with E-state index < -0.39 is 0 Å². The largest absolute Gasteiger partial charge is 0.341 e. The molecule has 0 aliphatic rings. The smallest absolute Gasteiger partial charge is 0.260 e. The van der Waals surface area contributed by atoms with E-state index >= 15 is 0 Å². The molecule has 5 aromatic rings. The maximum Gasteiger partial charge on any atom is 0.260 e. The van der Waals surface area contributed by atoms with Gasteiger partial charge in [0.1, 0.15) is 10.8 Å². The van der Waals surface area contributed by atoms with Gasteiger partial charge >= 0.3 is 0 Å². The molecule has 5 rings (SSSR count). The summed E-state index contributed by atoms with van der Waals surface area (Å²) in [6.07, 6.45) is 5.83. The number of carbonyl (C=O) groups is 2. The number of aryl methyl sites for hydroxylation is 1. The second-order valence-electron chi connectivity index (χ2n) is 8.71. The van der Waals surface area contributed by atoms with Crippen LogP contribution in [0.25, 0.3) is 11.0 Å². The normalized spacial score (nSPS) is 10.8. The highest BCUT2D eigenvalue weighted by atomic mass is 32.1. The van der Waals surface area contributed by atoms with Gasteiger partial charge in [0, 0.05) is 37.2 Å². The zero-order valence-electron chi connectivity index (χ0n) is 20.9. The first-order valence-electron chi connectivity index (χ1n) is 12.0. The first kappa shape index (κ1) is 25.0. The molecule has 0 saturated carbocycles. The minimum absolute atomic E-state index is 0.124. The highest BCUT2D eigenvalue weighted by Crippen LogP contribution is 2.29. The Hall–Kier alpha value is -4.70. The van der Waals surface area contributed by atoms with Crippen LogP contribution in [0, 0.1) is 6.92 Å². The highest BCUT2D eigenvalue weighted by Gasteiger charge is 2.20. The zero-order valence-corrected chi connectivity index (χ0v) is 21.7. The Balaban J connectivity index is 1.28. The summed E-state index contributed by atoms with van der Waals surface area (Å²) in [7, 11) is 1.77. The maximum absolute atomic E-state index is 13.3. The van der Waals surface area contributed by atoms with E-state index in [1.54, 1.807) is 61.7 Å². The summed E-state index contributed by atoms with van der Waals surface area (Å²) < 4.78 is 4.36. The SMILES string of the molecule is Cc1nsc(Nc2cnc3ccccc3n2)c1C(=O)Nc1cccc(C(=O)N(C)CCc2ccncc2)c1. The van der Waals surface area contributed by atoms with E-state index in [1.807, 2.05) is 36.4 Å². The molecule has 0 atom stereocenters. The molecule has 0 fully saturated rings. The van der Waals surface area contributed by atoms with Crippen molar-refractivity contribution in [1.29, 1.82) is 0 Å². The molecule has 0 aliphatic carbocycles. The first-order chi connectivity index (χ1) is 18.5. The Kier molecular flexibility index (Phi) is 7.32. The number of benzene rings is 2. The van der Waals surface area contributed by atoms with Crippen LogP contribution in [-0.4, -0.2) is 49.6 Å². The van der Waals surface area contributed by atoms with Crippen molar-refractivity contribution in [2.24, 2.45) is 0 Å². The van der Waals surface area contributed by atoms with E-state index in [-0.39, 0.29) is 11.8 Å². The third-order valence-electron chi connectivity index (χ3n) is 5.98. The molecule has 9 nitrogen and oxygen atoms in total. The number of hydrogen-bond acceptors (Lipinski definition) is 8. The molecule has 2 N–H and O–H groups in total. The van der Waals surface area contributed by atoms with E-state index in [2.05, 4.69) is 30.0 Å². The van der Waals surface area contributed by atoms with E-state index in [9.17, 15) is 9.59 Å². The molecule has 0 unspecified atom stereocenters. The van der Waals surface area contributed by atoms with Crippen molar-refractivity contribution in [2.45, 2.75) is 13.3 Å². The fraction of sp³-hybridized carbons (Fsp3) is 0.143. The summed E-state index contributed by atoms with van der Waals surface area (Å²) >= 11 is 1.18. The lowest BCUT2D eigenvalue weighted by molar-refractivity contribution is 0.0796. The molecule has 38 heavy (non-hydrogen) atoms. The van der Waals surface area contributed by atoms with Gasteiger partial charge in [-0.3, -0.25) is 19.6 Å². The number of rotatable bonds is 8. The van der Waals surface area contributed by atoms with Gasteiger partial charge < -0.3 is 15.5 Å². The lowest BCUT2D eigenvalue weighted by atomic mass is 10.1. The van der Waals surface area contributed by atoms with Crippen molar-refractivity contribution >= 4 is 50.9 Å². The molecule has 0 radical (unpaired) electrons. The number of aromatic nitrogens is 4. The van der Waals surface area contributed by atoms with Crippen LogP contribution >= 0.6 is 11.5 Å². The second kappa shape index (κ2) is 11.1. The summed E-state index contributed by atoms with van der Waals surface area (Å²) in [4.78, 5) is 41.0. The van der Waals surface area contributed by atoms with Crippen LogP contribution in [0.5, 0.6) is 0 Å². The molecule has 0 saturated heterocycles. The van der Waals surface area contributed by atoms with Crippen LogP contribution < -0.4 is 10.6 Å². The number of amides is 2. The average molecular weight is 524 g/mol. The van der Waals surface area contributed by atoms with Crippen LogP contribution in [0.2, 0.25) is 0 Å². The molecule has 10 heteroatoms. The Morgan fingerprint density at radius 1 is 1.00 bits per heavy atom. The summed E-state index contributed by atoms with van der Waals surface area (Å²) in [5.74, 6) is 0.0627. The average Bonchev–Trinajstić information content (AvgIpc) is 3.31. The number of hydrogen-bond donors (Lipinski definition) is 2. The standard InChI is InChI=1S/C28H25N7O2S/c1-18-25(27(38-34-18)33-24-17-30-22-8-3-4-9-23(22)32-24)26(36)31-21-7-5-6-20(16-21)28(37)35(2)15-12-19-10-13-29-14-11-19/h3-11,13-14,16-17H,12,15H2,1-2H3,(H,31,36)(H,32,33). The lowest BCUT2D eigenvalue weighted by Crippen LogP contribution is -2.29. The molecular formula is C28H25N7O2S. The van der Waals surface area contributed by atoms with Gasteiger partial charge in [-0.25, -0.2) is 4.98 Å². The highest BCUT2D eigenvalue weighted by molar-refractivity contribution is 7.10. The van der Waals surface area contributed by atoms with Gasteiger partial charge in [0.15, 0.2) is 0 Å². The molecule has 2 amide bonds. The summed E-state index contributed by atoms with van der Waals surface area (Å²) in [5.41, 5.74) is 4.66. The van der Waals surface area contributed by atoms with Crippen molar-refractivity contribution in [1.82, 2.24) is 24.2 Å². The molecule has 190 valence electrons. The van der Waals surface area contributed by atoms with Crippen molar-refractivity contribution in [2.75, 3.05) is 24.2 Å². The molecule has 2 aromatic carbocycles. The molecule has 3 aromatic heterocycles. The lowest BCUT2D eigenvalue weighted by Gasteiger charge is -2.18. The van der Waals surface area contributed by atoms with Gasteiger partial charge in [0.2, 0.25) is 0 Å². The topological polar surface area (TPSA) is 113 Å². The summed E-state index contributed by atoms with van der Waals surface area (Å²) in [6, 6.07) is 18.4. The number of carbonyl (C=O) groups excluding carboxylic acids is 2. The zero-order chi connectivity index (χ0) is 26.5. The van der Waals surface area contributed by atoms with Crippen LogP contribution in [0.3, 0.4) is 0 Å². The van der Waals surface area contributed by atoms with Gasteiger partial charge in [-0.15, -0.1) is 0 Å². The van der Waals surface area contributed by atoms with Gasteiger partial charge in [-0.1, -0.05) is 18.2 Å². The number of anilines is 3. The van der Waals surface area contributed by atoms with Crippen molar-refractivity contribution < 1.29 is 9.59 Å². The molecule has 0 bridgehead atoms. The van der Waals surface area contributed by atoms with Gasteiger partial charge in [-0.2, -0.15) is 4.37 Å². The maximum atomic E-state index is 13.3. The van der Waals surface area contributed by atoms with E-state index in [4.69, 9.17) is 0 Å². The molecule has 0 aliphatic heterocycles. The van der Waals surface area contributed by atoms with Gasteiger partial charge in [0.25, 0.3) is 11.8 Å². The molecular weight excluding hydrogens is 498 g/mol. The van der Waals surface area contributed by atoms with E-state index in [1.165, 1.54) is 11.5 Å². The number of likely N-dealkylation sites (N-methyl/N-ethyl adjacent to an activating group) is 1. The monoisotopic (exact) mass is 523 g/mol. The third kappa shape index (κ3) is 5.65. The fourth-order valence-corrected chi connectivity index (χ4v) is 4.75. The van der Waals surface area contributed by atoms with Crippen LogP contribution in [0.4, 0.5) is 16.5 Å². The van der Waals surface area contributed by atoms with Crippen LogP contribution in [0.15, 0.2) is 79.3 Å². The van der Waals surface area contributed by atoms with Crippen molar-refractivity contribution in [3.8, 4) is 0 Å².